The van der Waals surface area contributed by atoms with Gasteiger partial charge in [-0.05, 0) is 37.3 Å². The zero-order chi connectivity index (χ0) is 21.4. The highest BCUT2D eigenvalue weighted by atomic mass is 32.2. The van der Waals surface area contributed by atoms with E-state index in [9.17, 15) is 10.1 Å². The van der Waals surface area contributed by atoms with Gasteiger partial charge >= 0.3 is 5.69 Å². The number of hydrogen-bond donors (Lipinski definition) is 1. The van der Waals surface area contributed by atoms with E-state index in [0.717, 1.165) is 19.3 Å². The van der Waals surface area contributed by atoms with E-state index in [-0.39, 0.29) is 11.5 Å². The number of aromatic nitrogens is 3. The molecule has 7 nitrogen and oxygen atoms in total. The first kappa shape index (κ1) is 22.4. The van der Waals surface area contributed by atoms with Crippen LogP contribution >= 0.6 is 11.8 Å². The predicted octanol–water partition coefficient (Wildman–Crippen LogP) is 5.33. The first-order valence-electron chi connectivity index (χ1n) is 9.43. The highest BCUT2D eigenvalue weighted by Crippen LogP contribution is 2.33. The zero-order valence-corrected chi connectivity index (χ0v) is 17.9. The Bertz CT molecular complexity index is 933. The molecule has 2 aromatic rings. The summed E-state index contributed by atoms with van der Waals surface area (Å²) in [6.07, 6.45) is 16.4. The molecule has 0 radical (unpaired) electrons. The van der Waals surface area contributed by atoms with Crippen molar-refractivity contribution in [2.45, 2.75) is 38.4 Å². The minimum absolute atomic E-state index is 0.119. The maximum Gasteiger partial charge on any atom is 0.319 e. The number of unbranched alkanes of at least 4 members (excludes halogenated alkanes) is 2. The van der Waals surface area contributed by atoms with Crippen LogP contribution in [0.5, 0.6) is 0 Å². The molecular formula is C21H27N5O2S. The van der Waals surface area contributed by atoms with Gasteiger partial charge in [0.1, 0.15) is 0 Å². The van der Waals surface area contributed by atoms with Crippen molar-refractivity contribution >= 4 is 29.0 Å². The Morgan fingerprint density at radius 2 is 2.24 bits per heavy atom. The van der Waals surface area contributed by atoms with Gasteiger partial charge in [0.2, 0.25) is 5.82 Å². The second kappa shape index (κ2) is 10.6. The van der Waals surface area contributed by atoms with Crippen molar-refractivity contribution in [1.29, 1.82) is 0 Å². The second-order valence-corrected chi connectivity index (χ2v) is 7.75. The van der Waals surface area contributed by atoms with Crippen molar-refractivity contribution in [2.24, 2.45) is 0 Å². The normalized spacial score (nSPS) is 13.0. The predicted molar refractivity (Wildman–Crippen MR) is 122 cm³/mol. The van der Waals surface area contributed by atoms with E-state index in [1.165, 1.54) is 11.8 Å². The fraction of sp³-hybridized carbons (Fsp3) is 0.333. The van der Waals surface area contributed by atoms with Crippen LogP contribution in [0.25, 0.3) is 16.8 Å². The van der Waals surface area contributed by atoms with Gasteiger partial charge in [0.05, 0.1) is 22.4 Å². The van der Waals surface area contributed by atoms with Gasteiger partial charge in [-0.1, -0.05) is 38.5 Å². The number of anilines is 1. The molecule has 154 valence electrons. The number of thioether (sulfide) groups is 1. The molecule has 0 saturated carbocycles. The minimum atomic E-state index is -0.527. The van der Waals surface area contributed by atoms with E-state index in [2.05, 4.69) is 48.9 Å². The van der Waals surface area contributed by atoms with Crippen LogP contribution in [-0.2, 0) is 0 Å². The summed E-state index contributed by atoms with van der Waals surface area (Å²) in [6.45, 7) is 8.42. The Kier molecular flexibility index (Phi) is 8.21. The standard InChI is InChI=1S/C21H27N5O2S/c1-5-6-7-8-17(16(3)29-4)10-9-15(2)25-14-18(13-24-25)19-11-12-23-21(22)20(19)26(27)28/h8-14,16H,2,5-7H2,1,3-4H3,(H2,22,23)/b10-9-,17-8+. The third-order valence-electron chi connectivity index (χ3n) is 4.55. The molecule has 1 unspecified atom stereocenters. The number of nitro groups is 1. The molecule has 2 heterocycles. The molecule has 0 aliphatic rings. The van der Waals surface area contributed by atoms with Crippen LogP contribution in [0.2, 0.25) is 0 Å². The van der Waals surface area contributed by atoms with E-state index in [1.807, 2.05) is 6.08 Å². The van der Waals surface area contributed by atoms with E-state index in [0.29, 0.717) is 22.1 Å². The lowest BCUT2D eigenvalue weighted by Gasteiger charge is -2.10. The summed E-state index contributed by atoms with van der Waals surface area (Å²) < 4.78 is 1.60. The van der Waals surface area contributed by atoms with Crippen LogP contribution < -0.4 is 5.73 Å². The summed E-state index contributed by atoms with van der Waals surface area (Å²) in [4.78, 5) is 14.6. The van der Waals surface area contributed by atoms with Crippen LogP contribution in [0.3, 0.4) is 0 Å². The van der Waals surface area contributed by atoms with Crippen LogP contribution in [0.15, 0.2) is 55.0 Å². The van der Waals surface area contributed by atoms with Crippen molar-refractivity contribution in [3.05, 3.63) is 65.2 Å². The number of hydrogen-bond acceptors (Lipinski definition) is 6. The average molecular weight is 414 g/mol. The van der Waals surface area contributed by atoms with Gasteiger partial charge in [-0.3, -0.25) is 10.1 Å². The van der Waals surface area contributed by atoms with Crippen molar-refractivity contribution in [1.82, 2.24) is 14.8 Å². The lowest BCUT2D eigenvalue weighted by Crippen LogP contribution is -2.00. The van der Waals surface area contributed by atoms with Gasteiger partial charge in [0.25, 0.3) is 0 Å². The largest absolute Gasteiger partial charge is 0.378 e. The number of nitrogens with zero attached hydrogens (tertiary/aromatic N) is 4. The van der Waals surface area contributed by atoms with Gasteiger partial charge in [0.15, 0.2) is 0 Å². The first-order valence-corrected chi connectivity index (χ1v) is 10.7. The van der Waals surface area contributed by atoms with Gasteiger partial charge in [0, 0.05) is 23.2 Å². The third kappa shape index (κ3) is 5.80. The molecule has 8 heteroatoms. The first-order chi connectivity index (χ1) is 13.9. The molecular weight excluding hydrogens is 386 g/mol. The zero-order valence-electron chi connectivity index (χ0n) is 17.0. The highest BCUT2D eigenvalue weighted by molar-refractivity contribution is 7.99. The molecule has 29 heavy (non-hydrogen) atoms. The van der Waals surface area contributed by atoms with Crippen molar-refractivity contribution < 1.29 is 4.92 Å². The van der Waals surface area contributed by atoms with Crippen LogP contribution in [-0.4, -0.2) is 31.2 Å². The lowest BCUT2D eigenvalue weighted by molar-refractivity contribution is -0.383. The SMILES string of the molecule is C=C(/C=C\C(=C/CCCC)C(C)SC)n1cc(-c2ccnc(N)c2[N+](=O)[O-])cn1. The Balaban J connectivity index is 2.25. The summed E-state index contributed by atoms with van der Waals surface area (Å²) in [6, 6.07) is 1.56. The molecule has 2 rings (SSSR count). The minimum Gasteiger partial charge on any atom is -0.378 e. The van der Waals surface area contributed by atoms with Crippen LogP contribution in [0.1, 0.15) is 33.1 Å². The van der Waals surface area contributed by atoms with Gasteiger partial charge in [-0.2, -0.15) is 16.9 Å². The number of rotatable bonds is 10. The van der Waals surface area contributed by atoms with Crippen LogP contribution in [0.4, 0.5) is 11.5 Å². The van der Waals surface area contributed by atoms with E-state index in [4.69, 9.17) is 5.73 Å². The molecule has 0 fully saturated rings. The number of nitrogen functional groups attached to an aromatic ring is 1. The lowest BCUT2D eigenvalue weighted by atomic mass is 10.1. The summed E-state index contributed by atoms with van der Waals surface area (Å²) >= 11 is 1.79. The van der Waals surface area contributed by atoms with Crippen molar-refractivity contribution in [2.75, 3.05) is 12.0 Å². The van der Waals surface area contributed by atoms with E-state index in [1.54, 1.807) is 34.9 Å². The molecule has 1 atom stereocenters. The quantitative estimate of drug-likeness (QED) is 0.244. The molecule has 0 saturated heterocycles. The molecule has 2 aromatic heterocycles. The molecule has 0 spiro atoms. The number of allylic oxidation sites excluding steroid dienone is 4. The Morgan fingerprint density at radius 3 is 2.90 bits per heavy atom. The summed E-state index contributed by atoms with van der Waals surface area (Å²) in [7, 11) is 0. The monoisotopic (exact) mass is 413 g/mol. The van der Waals surface area contributed by atoms with Gasteiger partial charge in [-0.25, -0.2) is 9.67 Å². The molecule has 0 aliphatic carbocycles. The maximum absolute atomic E-state index is 11.4. The summed E-state index contributed by atoms with van der Waals surface area (Å²) in [5.41, 5.74) is 8.33. The molecule has 0 bridgehead atoms. The Hall–Kier alpha value is -2.87. The Labute approximate surface area is 175 Å². The molecule has 2 N–H and O–H groups in total. The van der Waals surface area contributed by atoms with Crippen molar-refractivity contribution in [3.8, 4) is 11.1 Å². The molecule has 0 amide bonds. The van der Waals surface area contributed by atoms with Gasteiger partial charge < -0.3 is 5.73 Å². The number of nitrogens with two attached hydrogens (primary N) is 1. The fourth-order valence-corrected chi connectivity index (χ4v) is 3.21. The maximum atomic E-state index is 11.4. The highest BCUT2D eigenvalue weighted by Gasteiger charge is 2.21. The van der Waals surface area contributed by atoms with Crippen LogP contribution in [0, 0.1) is 10.1 Å². The number of pyridine rings is 1. The smallest absolute Gasteiger partial charge is 0.319 e. The summed E-state index contributed by atoms with van der Waals surface area (Å²) in [5, 5.41) is 16.0. The van der Waals surface area contributed by atoms with E-state index < -0.39 is 4.92 Å². The molecule has 0 aliphatic heterocycles. The Morgan fingerprint density at radius 1 is 1.48 bits per heavy atom. The fourth-order valence-electron chi connectivity index (χ4n) is 2.76. The van der Waals surface area contributed by atoms with E-state index >= 15 is 0 Å². The second-order valence-electron chi connectivity index (χ2n) is 6.57. The third-order valence-corrected chi connectivity index (χ3v) is 5.53. The van der Waals surface area contributed by atoms with Gasteiger partial charge in [-0.15, -0.1) is 0 Å². The summed E-state index contributed by atoms with van der Waals surface area (Å²) in [5.74, 6) is -0.119. The molecule has 0 aromatic carbocycles. The topological polar surface area (TPSA) is 99.9 Å². The van der Waals surface area contributed by atoms with Crippen molar-refractivity contribution in [3.63, 3.8) is 0 Å². The average Bonchev–Trinajstić information content (AvgIpc) is 3.19.